The minimum Gasteiger partial charge on any atom is -0.844 e. The number of anilines is 2. The summed E-state index contributed by atoms with van der Waals surface area (Å²) in [5.74, 6) is -2.36. The van der Waals surface area contributed by atoms with Crippen molar-refractivity contribution in [2.75, 3.05) is 11.5 Å². The van der Waals surface area contributed by atoms with Gasteiger partial charge in [0.1, 0.15) is 31.9 Å². The second-order valence-corrected chi connectivity index (χ2v) is 16.7. The van der Waals surface area contributed by atoms with Crippen molar-refractivity contribution in [3.63, 3.8) is 0 Å². The third-order valence-electron chi connectivity index (χ3n) is 8.48. The van der Waals surface area contributed by atoms with Crippen LogP contribution in [0.2, 0.25) is 0 Å². The summed E-state index contributed by atoms with van der Waals surface area (Å²) in [4.78, 5) is 13.6. The number of benzene rings is 2. The number of nitrogens with two attached hydrogens (primary N) is 2. The van der Waals surface area contributed by atoms with Crippen molar-refractivity contribution < 1.29 is 155 Å². The number of nitrogen functional groups attached to an aromatic ring is 2. The Hall–Kier alpha value is -4.86. The largest absolute Gasteiger partial charge is 1.00 e. The Morgan fingerprint density at radius 1 is 0.722 bits per heavy atom. The minimum atomic E-state index is -5.16. The molecule has 0 fully saturated rings. The molecule has 0 aliphatic carbocycles. The molecule has 32 nitrogen and oxygen atoms in total. The molecule has 2 aromatic carbocycles. The van der Waals surface area contributed by atoms with Gasteiger partial charge in [-0.3, -0.25) is 10.1 Å². The Labute approximate surface area is 472 Å². The van der Waals surface area contributed by atoms with Crippen molar-refractivity contribution >= 4 is 84.7 Å². The van der Waals surface area contributed by atoms with E-state index in [-0.39, 0.29) is 161 Å². The summed E-state index contributed by atoms with van der Waals surface area (Å²) in [6, 6.07) is 6.72. The molecule has 0 radical (unpaired) electrons. The number of hydrogen-bond donors (Lipinski definition) is 2. The van der Waals surface area contributed by atoms with E-state index < -0.39 is 59.4 Å². The van der Waals surface area contributed by atoms with Crippen LogP contribution in [0.1, 0.15) is 17.0 Å². The van der Waals surface area contributed by atoms with Gasteiger partial charge in [0, 0.05) is 4.90 Å². The van der Waals surface area contributed by atoms with Gasteiger partial charge in [0.25, 0.3) is 17.6 Å². The fourth-order valence-corrected chi connectivity index (χ4v) is 7.61. The standard InChI is InChI=1S/C31H23N19O13S4.5Li/c1-13-23(41-43-27-15(10-32)11-36-47(27)19-9-17(66(54,55)56)5-6-21(19)65-63-61-53)25(33)49(45-13)29-38-30(40-31(51)39-29)50-26(34)24(14(2)46-50)42-44-28-18(35-3)12-37-48(28)20-8-16(64-62-60-52)4-7-22(20)67(57,58)59;;;;;/h4-9,11-12,52-53H,33-34H2,1-2H3,(H,54,55,56)(H,57,58,59)(H,38,39,40,51);;;;;/q;5*+1/p-5. The van der Waals surface area contributed by atoms with Crippen molar-refractivity contribution in [2.45, 2.75) is 33.4 Å². The van der Waals surface area contributed by atoms with Crippen molar-refractivity contribution in [1.29, 1.82) is 5.26 Å². The molecule has 4 N–H and O–H groups in total. The van der Waals surface area contributed by atoms with Gasteiger partial charge in [0.2, 0.25) is 0 Å². The van der Waals surface area contributed by atoms with Gasteiger partial charge in [0.05, 0.1) is 86.5 Å². The summed E-state index contributed by atoms with van der Waals surface area (Å²) >= 11 is 0.683. The molecular weight excluding hydrogens is 1010 g/mol. The summed E-state index contributed by atoms with van der Waals surface area (Å²) in [5, 5.41) is 83.2. The van der Waals surface area contributed by atoms with Crippen LogP contribution in [-0.2, 0) is 39.0 Å². The van der Waals surface area contributed by atoms with Gasteiger partial charge < -0.3 is 36.2 Å². The summed E-state index contributed by atoms with van der Waals surface area (Å²) in [5.41, 5.74) is 11.4. The van der Waals surface area contributed by atoms with Gasteiger partial charge in [-0.05, 0) is 50.2 Å². The Bertz CT molecular complexity index is 3490. The van der Waals surface area contributed by atoms with Crippen LogP contribution in [0.25, 0.3) is 28.1 Å². The van der Waals surface area contributed by atoms with Crippen LogP contribution >= 0.6 is 24.1 Å². The van der Waals surface area contributed by atoms with Crippen molar-refractivity contribution in [1.82, 2.24) is 54.1 Å². The molecule has 72 heavy (non-hydrogen) atoms. The first kappa shape index (κ1) is 63.3. The van der Waals surface area contributed by atoms with Gasteiger partial charge in [-0.15, -0.1) is 20.5 Å². The summed E-state index contributed by atoms with van der Waals surface area (Å²) in [7, 11) is -10.2. The van der Waals surface area contributed by atoms with Crippen LogP contribution < -0.4 is 121 Å². The number of rotatable bonds is 16. The van der Waals surface area contributed by atoms with Gasteiger partial charge >= 0.3 is 94.3 Å². The topological polar surface area (TPSA) is 460 Å². The van der Waals surface area contributed by atoms with Crippen LogP contribution in [0.4, 0.5) is 40.3 Å². The number of hydrogen-bond acceptors (Lipinski definition) is 29. The van der Waals surface area contributed by atoms with Gasteiger partial charge in [-0.1, -0.05) is 0 Å². The minimum absolute atomic E-state index is 0. The quantitative estimate of drug-likeness (QED) is 0.0173. The zero-order valence-electron chi connectivity index (χ0n) is 37.8. The molecule has 0 aliphatic heterocycles. The fraction of sp³-hybridized carbons (Fsp3) is 0.0645. The third-order valence-corrected chi connectivity index (χ3v) is 11.4. The van der Waals surface area contributed by atoms with Crippen LogP contribution in [0.15, 0.2) is 88.8 Å². The molecule has 5 heterocycles. The second kappa shape index (κ2) is 26.4. The Balaban J connectivity index is 0.00000355. The molecule has 0 amide bonds. The van der Waals surface area contributed by atoms with E-state index in [0.29, 0.717) is 24.1 Å². The molecule has 7 rings (SSSR count). The van der Waals surface area contributed by atoms with Crippen LogP contribution in [0, 0.1) is 31.8 Å². The first-order valence-electron chi connectivity index (χ1n) is 17.3. The van der Waals surface area contributed by atoms with Crippen LogP contribution in [0.3, 0.4) is 0 Å². The molecule has 0 bridgehead atoms. The van der Waals surface area contributed by atoms with Gasteiger partial charge in [0.15, 0.2) is 34.6 Å². The first-order chi connectivity index (χ1) is 31.9. The van der Waals surface area contributed by atoms with E-state index in [1.54, 1.807) is 0 Å². The Morgan fingerprint density at radius 2 is 1.26 bits per heavy atom. The van der Waals surface area contributed by atoms with E-state index in [0.717, 1.165) is 67.5 Å². The Morgan fingerprint density at radius 3 is 1.79 bits per heavy atom. The van der Waals surface area contributed by atoms with E-state index in [2.05, 4.69) is 79.4 Å². The molecule has 0 saturated heterocycles. The molecule has 7 aromatic rings. The van der Waals surface area contributed by atoms with Crippen molar-refractivity contribution in [3.8, 4) is 35.4 Å². The molecule has 41 heteroatoms. The van der Waals surface area contributed by atoms with Crippen LogP contribution in [0.5, 0.6) is 6.01 Å². The van der Waals surface area contributed by atoms with Gasteiger partial charge in [-0.2, -0.15) is 48.7 Å². The van der Waals surface area contributed by atoms with Crippen molar-refractivity contribution in [2.24, 2.45) is 20.5 Å². The van der Waals surface area contributed by atoms with Gasteiger partial charge in [-0.25, -0.2) is 41.0 Å². The zero-order valence-corrected chi connectivity index (χ0v) is 41.1. The number of aryl methyl sites for hydroxylation is 2. The van der Waals surface area contributed by atoms with Crippen LogP contribution in [-0.4, -0.2) is 80.0 Å². The normalized spacial score (nSPS) is 11.2. The predicted molar refractivity (Wildman–Crippen MR) is 210 cm³/mol. The van der Waals surface area contributed by atoms with Crippen molar-refractivity contribution in [3.05, 3.63) is 77.2 Å². The fourth-order valence-electron chi connectivity index (χ4n) is 5.64. The zero-order chi connectivity index (χ0) is 48.4. The summed E-state index contributed by atoms with van der Waals surface area (Å²) < 4.78 is 84.1. The van der Waals surface area contributed by atoms with E-state index in [4.69, 9.17) is 18.0 Å². The SMILES string of the molecule is [C-]#[N+]c1cnn(-c2cc(SOO[O-])ccc2S(=O)(=O)[O-])c1N=Nc1c(C)nn(-c2nc([O-])nc(-n3nc(C)c(N=Nc4c(C#N)cnn4-c4cc(S(=O)(=O)[O-])ccc4SOO[O-])c3N)n2)c1N.[Li+].[Li+].[Li+].[Li+].[Li+]. The van der Waals surface area contributed by atoms with E-state index in [1.165, 1.54) is 13.8 Å². The second-order valence-electron chi connectivity index (χ2n) is 12.5. The maximum Gasteiger partial charge on any atom is 1.00 e. The summed E-state index contributed by atoms with van der Waals surface area (Å²) in [6.07, 6.45) is 2.04. The van der Waals surface area contributed by atoms with E-state index >= 15 is 0 Å². The van der Waals surface area contributed by atoms with E-state index in [9.17, 15) is 46.8 Å². The molecule has 0 aliphatic rings. The molecule has 0 spiro atoms. The molecule has 0 saturated carbocycles. The predicted octanol–water partition coefficient (Wildman–Crippen LogP) is -14.0. The van der Waals surface area contributed by atoms with E-state index in [1.807, 2.05) is 6.07 Å². The number of azo groups is 2. The monoisotopic (exact) mass is 1030 g/mol. The summed E-state index contributed by atoms with van der Waals surface area (Å²) in [6.45, 7) is 10.4. The number of aromatic nitrogens is 11. The average molecular weight is 1030 g/mol. The average Bonchev–Trinajstić information content (AvgIpc) is 4.04. The molecule has 0 atom stereocenters. The molecule has 344 valence electrons. The molecule has 0 unspecified atom stereocenters. The third kappa shape index (κ3) is 13.5. The molecule has 5 aromatic heterocycles. The maximum atomic E-state index is 12.9. The number of nitrogens with zero attached hydrogens (tertiary/aromatic N) is 17. The first-order valence-corrected chi connectivity index (χ1v) is 21.6. The molecular formula is C31H18Li5N19O13S4. The Kier molecular flexibility index (Phi) is 23.2. The number of nitriles is 1. The maximum absolute atomic E-state index is 12.9. The smallest absolute Gasteiger partial charge is 0.844 e.